The molecule has 2 N–H and O–H groups in total. The molecule has 108 valence electrons. The van der Waals surface area contributed by atoms with Gasteiger partial charge in [0.05, 0.1) is 14.2 Å². The van der Waals surface area contributed by atoms with Gasteiger partial charge in [-0.2, -0.15) is 0 Å². The van der Waals surface area contributed by atoms with E-state index in [1.807, 2.05) is 0 Å². The predicted octanol–water partition coefficient (Wildman–Crippen LogP) is 2.58. The first-order chi connectivity index (χ1) is 9.62. The third-order valence-corrected chi connectivity index (χ3v) is 3.08. The van der Waals surface area contributed by atoms with Crippen LogP contribution < -0.4 is 15.0 Å². The van der Waals surface area contributed by atoms with Gasteiger partial charge in [0.15, 0.2) is 16.3 Å². The Hall–Kier alpha value is -1.33. The second-order valence-electron chi connectivity index (χ2n) is 3.66. The first kappa shape index (κ1) is 15.1. The van der Waals surface area contributed by atoms with E-state index in [1.54, 1.807) is 23.0 Å². The number of hydrogen-bond donors (Lipinski definition) is 2. The number of ether oxygens (including phenoxy) is 2. The molecule has 7 nitrogen and oxygen atoms in total. The highest BCUT2D eigenvalue weighted by molar-refractivity contribution is 14.1. The number of nitrogens with one attached hydrogen (secondary N) is 2. The number of hydrogen-bond acceptors (Lipinski definition) is 6. The maximum atomic E-state index is 11.9. The van der Waals surface area contributed by atoms with E-state index in [-0.39, 0.29) is 28.3 Å². The van der Waals surface area contributed by atoms with Gasteiger partial charge in [-0.05, 0) is 12.2 Å². The third-order valence-electron chi connectivity index (χ3n) is 2.55. The van der Waals surface area contributed by atoms with Gasteiger partial charge in [-0.25, -0.2) is 0 Å². The summed E-state index contributed by atoms with van der Waals surface area (Å²) in [5.41, 5.74) is -0.126. The lowest BCUT2D eigenvalue weighted by atomic mass is 10.2. The highest BCUT2D eigenvalue weighted by atomic mass is 127. The van der Waals surface area contributed by atoms with E-state index in [9.17, 15) is 4.79 Å². The topological polar surface area (TPSA) is 89.5 Å². The lowest BCUT2D eigenvalue weighted by Gasteiger charge is -2.03. The van der Waals surface area contributed by atoms with Gasteiger partial charge in [0.2, 0.25) is 11.5 Å². The summed E-state index contributed by atoms with van der Waals surface area (Å²) in [6, 6.07) is 0. The number of methoxy groups -OCH3 is 2. The summed E-state index contributed by atoms with van der Waals surface area (Å²) in [4.78, 5) is 17.2. The Bertz CT molecular complexity index is 720. The van der Waals surface area contributed by atoms with Crippen molar-refractivity contribution >= 4 is 35.2 Å². The van der Waals surface area contributed by atoms with Gasteiger partial charge in [0.25, 0.3) is 5.56 Å². The average molecular weight is 410 g/mol. The Kier molecular flexibility index (Phi) is 4.83. The molecule has 9 heteroatoms. The van der Waals surface area contributed by atoms with E-state index < -0.39 is 0 Å². The van der Waals surface area contributed by atoms with Crippen molar-refractivity contribution in [3.8, 4) is 22.8 Å². The van der Waals surface area contributed by atoms with Crippen molar-refractivity contribution < 1.29 is 17.0 Å². The number of furan rings is 1. The van der Waals surface area contributed by atoms with Gasteiger partial charge < -0.3 is 21.9 Å². The van der Waals surface area contributed by atoms with Crippen molar-refractivity contribution in [3.05, 3.63) is 27.1 Å². The van der Waals surface area contributed by atoms with Gasteiger partial charge in [0.1, 0.15) is 35.2 Å². The molecule has 0 fully saturated rings. The Balaban J connectivity index is 2.67. The van der Waals surface area contributed by atoms with Gasteiger partial charge in [0, 0.05) is 6.20 Å². The SMILES string of the molecule is COc1c(COI)oc(-c2c[nH]c(=S)[nH]c2=O)c1OC. The number of aromatic amines is 2. The fourth-order valence-corrected chi connectivity index (χ4v) is 2.17. The zero-order chi connectivity index (χ0) is 14.7. The fourth-order valence-electron chi connectivity index (χ4n) is 1.74. The zero-order valence-electron chi connectivity index (χ0n) is 10.6. The van der Waals surface area contributed by atoms with E-state index in [0.29, 0.717) is 17.3 Å². The van der Waals surface area contributed by atoms with Crippen LogP contribution in [0.1, 0.15) is 5.76 Å². The van der Waals surface area contributed by atoms with Crippen molar-refractivity contribution in [2.45, 2.75) is 6.61 Å². The van der Waals surface area contributed by atoms with Crippen molar-refractivity contribution in [3.63, 3.8) is 0 Å². The number of aromatic nitrogens is 2. The summed E-state index contributed by atoms with van der Waals surface area (Å²) in [7, 11) is 2.95. The average Bonchev–Trinajstić information content (AvgIpc) is 2.76. The van der Waals surface area contributed by atoms with Crippen LogP contribution >= 0.6 is 35.2 Å². The summed E-state index contributed by atoms with van der Waals surface area (Å²) in [6.07, 6.45) is 1.46. The summed E-state index contributed by atoms with van der Waals surface area (Å²) < 4.78 is 21.4. The molecular weight excluding hydrogens is 399 g/mol. The van der Waals surface area contributed by atoms with Crippen LogP contribution in [-0.4, -0.2) is 24.2 Å². The number of H-pyrrole nitrogens is 2. The summed E-state index contributed by atoms with van der Waals surface area (Å²) >= 11 is 6.59. The molecule has 0 aliphatic rings. The standard InChI is InChI=1S/C11H11IN2O5S/c1-16-8-6(4-18-12)19-7(9(8)17-2)5-3-13-11(20)14-10(5)15/h3H,4H2,1-2H3,(H2,13,14,15,20). The van der Waals surface area contributed by atoms with E-state index in [4.69, 9.17) is 29.2 Å². The van der Waals surface area contributed by atoms with E-state index in [1.165, 1.54) is 20.4 Å². The summed E-state index contributed by atoms with van der Waals surface area (Å²) in [5.74, 6) is 1.39. The van der Waals surface area contributed by atoms with Gasteiger partial charge in [-0.15, -0.1) is 0 Å². The second-order valence-corrected chi connectivity index (χ2v) is 4.69. The quantitative estimate of drug-likeness (QED) is 0.582. The molecule has 0 unspecified atom stereocenters. The Labute approximate surface area is 132 Å². The van der Waals surface area contributed by atoms with E-state index in [0.717, 1.165) is 0 Å². The Morgan fingerprint density at radius 1 is 1.35 bits per heavy atom. The van der Waals surface area contributed by atoms with Crippen LogP contribution in [0, 0.1) is 4.77 Å². The van der Waals surface area contributed by atoms with Gasteiger partial charge >= 0.3 is 0 Å². The summed E-state index contributed by atoms with van der Waals surface area (Å²) in [6.45, 7) is 0.181. The van der Waals surface area contributed by atoms with Crippen LogP contribution in [0.5, 0.6) is 11.5 Å². The number of rotatable bonds is 5. The number of halogens is 1. The first-order valence-electron chi connectivity index (χ1n) is 5.42. The minimum Gasteiger partial charge on any atom is -0.490 e. The molecule has 0 aliphatic carbocycles. The van der Waals surface area contributed by atoms with E-state index >= 15 is 0 Å². The monoisotopic (exact) mass is 410 g/mol. The van der Waals surface area contributed by atoms with Crippen molar-refractivity contribution in [2.24, 2.45) is 0 Å². The first-order valence-corrected chi connectivity index (χ1v) is 6.70. The molecule has 2 heterocycles. The third kappa shape index (κ3) is 2.74. The molecule has 0 radical (unpaired) electrons. The maximum Gasteiger partial charge on any atom is 0.262 e. The molecule has 0 amide bonds. The smallest absolute Gasteiger partial charge is 0.262 e. The molecule has 0 aliphatic heterocycles. The van der Waals surface area contributed by atoms with Gasteiger partial charge in [-0.3, -0.25) is 9.78 Å². The molecule has 2 aromatic rings. The highest BCUT2D eigenvalue weighted by Gasteiger charge is 2.25. The minimum atomic E-state index is -0.384. The zero-order valence-corrected chi connectivity index (χ0v) is 13.6. The van der Waals surface area contributed by atoms with Crippen LogP contribution in [0.2, 0.25) is 0 Å². The molecular formula is C11H11IN2O5S. The lowest BCUT2D eigenvalue weighted by molar-refractivity contribution is 0.322. The van der Waals surface area contributed by atoms with Crippen LogP contribution in [0.3, 0.4) is 0 Å². The van der Waals surface area contributed by atoms with E-state index in [2.05, 4.69) is 9.97 Å². The molecule has 20 heavy (non-hydrogen) atoms. The molecule has 0 atom stereocenters. The Morgan fingerprint density at radius 2 is 2.05 bits per heavy atom. The normalized spacial score (nSPS) is 10.6. The maximum absolute atomic E-state index is 11.9. The lowest BCUT2D eigenvalue weighted by Crippen LogP contribution is -2.09. The largest absolute Gasteiger partial charge is 0.490 e. The van der Waals surface area contributed by atoms with Crippen LogP contribution in [0.4, 0.5) is 0 Å². The summed E-state index contributed by atoms with van der Waals surface area (Å²) in [5, 5.41) is 0. The fraction of sp³-hybridized carbons (Fsp3) is 0.273. The highest BCUT2D eigenvalue weighted by Crippen LogP contribution is 2.42. The Morgan fingerprint density at radius 3 is 2.60 bits per heavy atom. The molecule has 0 bridgehead atoms. The second kappa shape index (κ2) is 6.41. The predicted molar refractivity (Wildman–Crippen MR) is 81.9 cm³/mol. The molecule has 2 aromatic heterocycles. The molecule has 0 saturated heterocycles. The molecule has 0 aromatic carbocycles. The van der Waals surface area contributed by atoms with Crippen molar-refractivity contribution in [1.82, 2.24) is 9.97 Å². The minimum absolute atomic E-state index is 0.181. The van der Waals surface area contributed by atoms with Crippen LogP contribution in [-0.2, 0) is 9.67 Å². The molecule has 0 spiro atoms. The molecule has 2 rings (SSSR count). The van der Waals surface area contributed by atoms with Crippen molar-refractivity contribution in [2.75, 3.05) is 14.2 Å². The van der Waals surface area contributed by atoms with Crippen molar-refractivity contribution in [1.29, 1.82) is 0 Å². The van der Waals surface area contributed by atoms with Gasteiger partial charge in [-0.1, -0.05) is 0 Å². The van der Waals surface area contributed by atoms with Crippen LogP contribution in [0.25, 0.3) is 11.3 Å². The molecule has 0 saturated carbocycles. The van der Waals surface area contributed by atoms with Crippen LogP contribution in [0.15, 0.2) is 15.4 Å².